The second kappa shape index (κ2) is 5.62. The number of nitrogens with zero attached hydrogens (tertiary/aromatic N) is 2. The molecule has 6 heteroatoms. The molecule has 0 N–H and O–H groups in total. The van der Waals surface area contributed by atoms with Crippen molar-refractivity contribution in [3.05, 3.63) is 40.4 Å². The van der Waals surface area contributed by atoms with Crippen LogP contribution < -0.4 is 0 Å². The van der Waals surface area contributed by atoms with E-state index in [4.69, 9.17) is 11.6 Å². The molecule has 0 fully saturated rings. The van der Waals surface area contributed by atoms with Crippen molar-refractivity contribution in [2.45, 2.75) is 16.5 Å². The molecule has 2 aromatic rings. The first-order valence-corrected chi connectivity index (χ1v) is 7.03. The second-order valence-electron chi connectivity index (χ2n) is 3.34. The highest BCUT2D eigenvalue weighted by atomic mass is 35.5. The van der Waals surface area contributed by atoms with Gasteiger partial charge in [-0.15, -0.1) is 10.2 Å². The summed E-state index contributed by atoms with van der Waals surface area (Å²) >= 11 is 8.70. The lowest BCUT2D eigenvalue weighted by Gasteiger charge is -2.07. The molecule has 17 heavy (non-hydrogen) atoms. The molecule has 1 atom stereocenters. The van der Waals surface area contributed by atoms with Crippen LogP contribution in [-0.4, -0.2) is 21.2 Å². The van der Waals surface area contributed by atoms with Crippen molar-refractivity contribution in [1.29, 1.82) is 0 Å². The van der Waals surface area contributed by atoms with Crippen LogP contribution in [0.4, 0.5) is 0 Å². The number of rotatable bonds is 4. The van der Waals surface area contributed by atoms with Crippen LogP contribution in [0.3, 0.4) is 0 Å². The van der Waals surface area contributed by atoms with Crippen LogP contribution in [0.1, 0.15) is 17.3 Å². The van der Waals surface area contributed by atoms with Gasteiger partial charge in [0.1, 0.15) is 5.51 Å². The van der Waals surface area contributed by atoms with Crippen molar-refractivity contribution in [1.82, 2.24) is 10.2 Å². The van der Waals surface area contributed by atoms with E-state index in [9.17, 15) is 4.79 Å². The Kier molecular flexibility index (Phi) is 4.15. The predicted molar refractivity (Wildman–Crippen MR) is 71.0 cm³/mol. The minimum atomic E-state index is -0.193. The van der Waals surface area contributed by atoms with Gasteiger partial charge >= 0.3 is 0 Å². The lowest BCUT2D eigenvalue weighted by Crippen LogP contribution is -2.13. The highest BCUT2D eigenvalue weighted by Crippen LogP contribution is 2.26. The normalized spacial score (nSPS) is 12.4. The number of hydrogen-bond donors (Lipinski definition) is 0. The summed E-state index contributed by atoms with van der Waals surface area (Å²) in [6.45, 7) is 1.86. The average Bonchev–Trinajstić information content (AvgIpc) is 2.80. The van der Waals surface area contributed by atoms with Crippen molar-refractivity contribution in [3.8, 4) is 0 Å². The van der Waals surface area contributed by atoms with E-state index in [1.807, 2.05) is 6.92 Å². The average molecular weight is 285 g/mol. The van der Waals surface area contributed by atoms with E-state index >= 15 is 0 Å². The van der Waals surface area contributed by atoms with Gasteiger partial charge in [0.15, 0.2) is 10.1 Å². The van der Waals surface area contributed by atoms with Gasteiger partial charge in [0, 0.05) is 10.6 Å². The molecule has 1 unspecified atom stereocenters. The summed E-state index contributed by atoms with van der Waals surface area (Å²) in [6, 6.07) is 6.98. The van der Waals surface area contributed by atoms with E-state index in [0.29, 0.717) is 10.6 Å². The zero-order valence-corrected chi connectivity index (χ0v) is 11.4. The van der Waals surface area contributed by atoms with Crippen molar-refractivity contribution in [2.75, 3.05) is 0 Å². The molecule has 1 heterocycles. The number of carbonyl (C=O) groups excluding carboxylic acids is 1. The maximum atomic E-state index is 12.1. The molecule has 0 aliphatic heterocycles. The van der Waals surface area contributed by atoms with Gasteiger partial charge < -0.3 is 0 Å². The fourth-order valence-electron chi connectivity index (χ4n) is 1.30. The molecule has 1 aromatic heterocycles. The van der Waals surface area contributed by atoms with Crippen LogP contribution in [-0.2, 0) is 0 Å². The third-order valence-electron chi connectivity index (χ3n) is 2.10. The number of Topliss-reactive ketones (excluding diaryl/α,β-unsaturated/α-hetero) is 1. The standard InChI is InChI=1S/C11H9ClN2OS2/c1-7(17-11-14-13-6-16-11)10(15)8-3-2-4-9(12)5-8/h2-7H,1H3. The topological polar surface area (TPSA) is 42.9 Å². The van der Waals surface area contributed by atoms with Gasteiger partial charge in [-0.25, -0.2) is 0 Å². The first-order valence-electron chi connectivity index (χ1n) is 4.89. The molecular formula is C11H9ClN2OS2. The SMILES string of the molecule is CC(Sc1nncs1)C(=O)c1cccc(Cl)c1. The van der Waals surface area contributed by atoms with Gasteiger partial charge in [-0.05, 0) is 19.1 Å². The number of ketones is 1. The minimum Gasteiger partial charge on any atom is -0.293 e. The van der Waals surface area contributed by atoms with E-state index in [-0.39, 0.29) is 11.0 Å². The Morgan fingerprint density at radius 3 is 3.00 bits per heavy atom. The van der Waals surface area contributed by atoms with Crippen molar-refractivity contribution < 1.29 is 4.79 Å². The van der Waals surface area contributed by atoms with Crippen LogP contribution in [0, 0.1) is 0 Å². The van der Waals surface area contributed by atoms with Gasteiger partial charge in [0.25, 0.3) is 0 Å². The van der Waals surface area contributed by atoms with Crippen LogP contribution in [0.25, 0.3) is 0 Å². The fourth-order valence-corrected chi connectivity index (χ4v) is 3.19. The zero-order chi connectivity index (χ0) is 12.3. The molecule has 0 spiro atoms. The first kappa shape index (κ1) is 12.5. The number of halogens is 1. The van der Waals surface area contributed by atoms with E-state index in [0.717, 1.165) is 4.34 Å². The molecule has 0 aliphatic rings. The van der Waals surface area contributed by atoms with E-state index in [1.165, 1.54) is 23.1 Å². The van der Waals surface area contributed by atoms with Gasteiger partial charge in [-0.3, -0.25) is 4.79 Å². The lowest BCUT2D eigenvalue weighted by molar-refractivity contribution is 0.0994. The Morgan fingerprint density at radius 2 is 2.35 bits per heavy atom. The molecule has 0 bridgehead atoms. The maximum absolute atomic E-state index is 12.1. The highest BCUT2D eigenvalue weighted by Gasteiger charge is 2.17. The molecule has 1 aromatic carbocycles. The summed E-state index contributed by atoms with van der Waals surface area (Å²) in [6.07, 6.45) is 0. The largest absolute Gasteiger partial charge is 0.293 e. The molecular weight excluding hydrogens is 276 g/mol. The molecule has 0 saturated carbocycles. The smallest absolute Gasteiger partial charge is 0.176 e. The summed E-state index contributed by atoms with van der Waals surface area (Å²) in [5, 5.41) is 8.02. The number of hydrogen-bond acceptors (Lipinski definition) is 5. The van der Waals surface area contributed by atoms with Crippen molar-refractivity contribution in [2.24, 2.45) is 0 Å². The Hall–Kier alpha value is -0.910. The number of thioether (sulfide) groups is 1. The molecule has 88 valence electrons. The quantitative estimate of drug-likeness (QED) is 0.636. The number of aromatic nitrogens is 2. The van der Waals surface area contributed by atoms with Gasteiger partial charge in [0.2, 0.25) is 0 Å². The third kappa shape index (κ3) is 3.28. The van der Waals surface area contributed by atoms with Crippen molar-refractivity contribution in [3.63, 3.8) is 0 Å². The highest BCUT2D eigenvalue weighted by molar-refractivity contribution is 8.02. The lowest BCUT2D eigenvalue weighted by atomic mass is 10.1. The summed E-state index contributed by atoms with van der Waals surface area (Å²) in [5.74, 6) is 0.0488. The number of carbonyl (C=O) groups is 1. The molecule has 0 saturated heterocycles. The predicted octanol–water partition coefficient (Wildman–Crippen LogP) is 3.56. The molecule has 0 radical (unpaired) electrons. The van der Waals surface area contributed by atoms with Gasteiger partial charge in [0.05, 0.1) is 5.25 Å². The molecule has 0 aliphatic carbocycles. The van der Waals surface area contributed by atoms with Crippen LogP contribution >= 0.6 is 34.7 Å². The second-order valence-corrected chi connectivity index (χ2v) is 6.20. The Bertz CT molecular complexity index is 516. The van der Waals surface area contributed by atoms with Crippen LogP contribution in [0.5, 0.6) is 0 Å². The van der Waals surface area contributed by atoms with Crippen LogP contribution in [0.15, 0.2) is 34.1 Å². The number of benzene rings is 1. The van der Waals surface area contributed by atoms with E-state index in [1.54, 1.807) is 29.8 Å². The van der Waals surface area contributed by atoms with Crippen LogP contribution in [0.2, 0.25) is 5.02 Å². The monoisotopic (exact) mass is 284 g/mol. The Morgan fingerprint density at radius 1 is 1.53 bits per heavy atom. The first-order chi connectivity index (χ1) is 8.16. The summed E-state index contributed by atoms with van der Waals surface area (Å²) in [7, 11) is 0. The Labute approximate surface area is 112 Å². The minimum absolute atomic E-state index is 0.0488. The summed E-state index contributed by atoms with van der Waals surface area (Å²) in [5.41, 5.74) is 2.28. The molecule has 0 amide bonds. The zero-order valence-electron chi connectivity index (χ0n) is 8.96. The van der Waals surface area contributed by atoms with Gasteiger partial charge in [-0.1, -0.05) is 46.8 Å². The van der Waals surface area contributed by atoms with Gasteiger partial charge in [-0.2, -0.15) is 0 Å². The Balaban J connectivity index is 2.09. The third-order valence-corrected chi connectivity index (χ3v) is 4.24. The summed E-state index contributed by atoms with van der Waals surface area (Å²) in [4.78, 5) is 12.1. The summed E-state index contributed by atoms with van der Waals surface area (Å²) < 4.78 is 0.799. The molecule has 2 rings (SSSR count). The van der Waals surface area contributed by atoms with E-state index in [2.05, 4.69) is 10.2 Å². The molecule has 3 nitrogen and oxygen atoms in total. The maximum Gasteiger partial charge on any atom is 0.176 e. The van der Waals surface area contributed by atoms with Crippen molar-refractivity contribution >= 4 is 40.5 Å². The fraction of sp³-hybridized carbons (Fsp3) is 0.182. The van der Waals surface area contributed by atoms with E-state index < -0.39 is 0 Å².